The average molecular weight is 575 g/mol. The summed E-state index contributed by atoms with van der Waals surface area (Å²) in [7, 11) is 1.57. The summed E-state index contributed by atoms with van der Waals surface area (Å²) in [5.74, 6) is -0.870. The molecular formula is C35H27FN2O5. The van der Waals surface area contributed by atoms with Gasteiger partial charge in [-0.05, 0) is 78.6 Å². The molecule has 0 saturated heterocycles. The normalized spacial score (nSPS) is 17.2. The number of anilines is 1. The van der Waals surface area contributed by atoms with E-state index in [-0.39, 0.29) is 30.2 Å². The number of nitrogens with zero attached hydrogens (tertiary/aromatic N) is 2. The Labute approximate surface area is 246 Å². The Balaban J connectivity index is 1.49. The number of ether oxygens (including phenoxy) is 1. The van der Waals surface area contributed by atoms with Crippen molar-refractivity contribution < 1.29 is 23.1 Å². The van der Waals surface area contributed by atoms with Crippen molar-refractivity contribution in [3.63, 3.8) is 0 Å². The number of fused-ring (bicyclic) bond motifs is 5. The smallest absolute Gasteiger partial charge is 0.291 e. The second-order valence-electron chi connectivity index (χ2n) is 11.1. The molecule has 214 valence electrons. The molecule has 1 atom stereocenters. The molecule has 7 rings (SSSR count). The molecule has 0 bridgehead atoms. The fourth-order valence-corrected chi connectivity index (χ4v) is 6.31. The van der Waals surface area contributed by atoms with Crippen molar-refractivity contribution in [3.05, 3.63) is 140 Å². The van der Waals surface area contributed by atoms with Gasteiger partial charge in [-0.1, -0.05) is 42.5 Å². The molecule has 3 heterocycles. The highest BCUT2D eigenvalue weighted by Gasteiger charge is 2.65. The minimum absolute atomic E-state index is 0.0146. The molecule has 2 aliphatic rings. The van der Waals surface area contributed by atoms with E-state index in [4.69, 9.17) is 9.15 Å². The first-order valence-corrected chi connectivity index (χ1v) is 13.9. The van der Waals surface area contributed by atoms with Gasteiger partial charge in [-0.25, -0.2) is 4.39 Å². The quantitative estimate of drug-likeness (QED) is 0.257. The third-order valence-electron chi connectivity index (χ3n) is 8.61. The molecule has 0 saturated carbocycles. The van der Waals surface area contributed by atoms with Gasteiger partial charge >= 0.3 is 0 Å². The minimum atomic E-state index is -1.77. The lowest BCUT2D eigenvalue weighted by Gasteiger charge is -2.34. The van der Waals surface area contributed by atoms with E-state index in [2.05, 4.69) is 0 Å². The van der Waals surface area contributed by atoms with Crippen molar-refractivity contribution >= 4 is 28.5 Å². The monoisotopic (exact) mass is 574 g/mol. The molecule has 1 aromatic heterocycles. The predicted molar refractivity (Wildman–Crippen MR) is 160 cm³/mol. The number of carbonyl (C=O) groups is 2. The van der Waals surface area contributed by atoms with E-state index in [9.17, 15) is 18.8 Å². The molecule has 2 amide bonds. The van der Waals surface area contributed by atoms with E-state index in [1.807, 2.05) is 32.0 Å². The third-order valence-corrected chi connectivity index (χ3v) is 8.61. The molecule has 0 radical (unpaired) electrons. The standard InChI is InChI=1S/C35H27FN2O5/c1-20-16-26-29(17-21(20)2)43-32-30(31(26)39)35(38(33(32)40)19-23-10-14-25(42-3)15-11-23)27-6-4-5-7-28(27)37(34(35)41)18-22-8-12-24(36)13-9-22/h4-17H,18-19H2,1-3H3. The van der Waals surface area contributed by atoms with Crippen molar-refractivity contribution in [2.45, 2.75) is 32.5 Å². The first-order valence-electron chi connectivity index (χ1n) is 13.9. The average Bonchev–Trinajstić information content (AvgIpc) is 3.40. The van der Waals surface area contributed by atoms with Crippen LogP contribution in [0.5, 0.6) is 5.75 Å². The van der Waals surface area contributed by atoms with Crippen LogP contribution in [0.1, 0.15) is 43.9 Å². The van der Waals surface area contributed by atoms with Gasteiger partial charge in [0, 0.05) is 12.1 Å². The zero-order chi connectivity index (χ0) is 30.0. The number of aryl methyl sites for hydroxylation is 2. The fraction of sp³-hybridized carbons (Fsp3) is 0.171. The van der Waals surface area contributed by atoms with E-state index in [0.717, 1.165) is 16.7 Å². The van der Waals surface area contributed by atoms with Gasteiger partial charge in [0.05, 0.1) is 30.3 Å². The molecular weight excluding hydrogens is 547 g/mol. The topological polar surface area (TPSA) is 80.1 Å². The van der Waals surface area contributed by atoms with E-state index in [1.54, 1.807) is 66.6 Å². The highest BCUT2D eigenvalue weighted by atomic mass is 19.1. The zero-order valence-electron chi connectivity index (χ0n) is 23.8. The maximum absolute atomic E-state index is 14.9. The van der Waals surface area contributed by atoms with Crippen molar-refractivity contribution in [3.8, 4) is 5.75 Å². The first kappa shape index (κ1) is 26.6. The highest BCUT2D eigenvalue weighted by molar-refractivity contribution is 6.17. The van der Waals surface area contributed by atoms with Crippen LogP contribution >= 0.6 is 0 Å². The van der Waals surface area contributed by atoms with Crippen LogP contribution in [0.25, 0.3) is 11.0 Å². The van der Waals surface area contributed by atoms with Gasteiger partial charge in [0.25, 0.3) is 11.8 Å². The van der Waals surface area contributed by atoms with Crippen LogP contribution in [-0.4, -0.2) is 23.8 Å². The Hall–Kier alpha value is -5.24. The van der Waals surface area contributed by atoms with Gasteiger partial charge in [-0.15, -0.1) is 0 Å². The van der Waals surface area contributed by atoms with E-state index < -0.39 is 22.8 Å². The molecule has 8 heteroatoms. The van der Waals surface area contributed by atoms with Crippen LogP contribution in [0.3, 0.4) is 0 Å². The van der Waals surface area contributed by atoms with Gasteiger partial charge in [0.2, 0.25) is 5.76 Å². The second kappa shape index (κ2) is 9.66. The molecule has 0 N–H and O–H groups in total. The molecule has 1 unspecified atom stereocenters. The lowest BCUT2D eigenvalue weighted by atomic mass is 9.83. The van der Waals surface area contributed by atoms with Crippen LogP contribution in [0, 0.1) is 19.7 Å². The maximum atomic E-state index is 14.9. The molecule has 7 nitrogen and oxygen atoms in total. The lowest BCUT2D eigenvalue weighted by Crippen LogP contribution is -2.52. The number of hydrogen-bond acceptors (Lipinski definition) is 5. The Morgan fingerprint density at radius 2 is 1.49 bits per heavy atom. The molecule has 1 spiro atoms. The number of methoxy groups -OCH3 is 1. The number of carbonyl (C=O) groups excluding carboxylic acids is 2. The number of amides is 2. The SMILES string of the molecule is COc1ccc(CN2C(=O)c3oc4cc(C)c(C)cc4c(=O)c3C23C(=O)N(Cc2ccc(F)cc2)c2ccccc23)cc1. The summed E-state index contributed by atoms with van der Waals surface area (Å²) in [6.07, 6.45) is 0. The number of hydrogen-bond donors (Lipinski definition) is 0. The van der Waals surface area contributed by atoms with Crippen molar-refractivity contribution in [1.29, 1.82) is 0 Å². The zero-order valence-corrected chi connectivity index (χ0v) is 23.8. The molecule has 0 aliphatic carbocycles. The van der Waals surface area contributed by atoms with Crippen LogP contribution in [0.2, 0.25) is 0 Å². The van der Waals surface area contributed by atoms with Gasteiger partial charge in [0.15, 0.2) is 11.0 Å². The number of halogens is 1. The molecule has 0 fully saturated rings. The Morgan fingerprint density at radius 3 is 2.21 bits per heavy atom. The predicted octanol–water partition coefficient (Wildman–Crippen LogP) is 6.00. The Kier molecular flexibility index (Phi) is 5.99. The number of benzene rings is 4. The molecule has 5 aromatic rings. The van der Waals surface area contributed by atoms with Crippen LogP contribution in [-0.2, 0) is 23.4 Å². The lowest BCUT2D eigenvalue weighted by molar-refractivity contribution is -0.126. The Bertz CT molecular complexity index is 2020. The highest BCUT2D eigenvalue weighted by Crippen LogP contribution is 2.53. The summed E-state index contributed by atoms with van der Waals surface area (Å²) in [4.78, 5) is 46.8. The minimum Gasteiger partial charge on any atom is -0.497 e. The summed E-state index contributed by atoms with van der Waals surface area (Å²) in [6.45, 7) is 3.96. The van der Waals surface area contributed by atoms with E-state index in [0.29, 0.717) is 33.5 Å². The van der Waals surface area contributed by atoms with Crippen LogP contribution in [0.15, 0.2) is 94.1 Å². The molecule has 43 heavy (non-hydrogen) atoms. The summed E-state index contributed by atoms with van der Waals surface area (Å²) in [5, 5.41) is 0.308. The van der Waals surface area contributed by atoms with Gasteiger partial charge in [-0.2, -0.15) is 0 Å². The van der Waals surface area contributed by atoms with Crippen LogP contribution in [0.4, 0.5) is 10.1 Å². The van der Waals surface area contributed by atoms with Gasteiger partial charge in [-0.3, -0.25) is 14.4 Å². The van der Waals surface area contributed by atoms with E-state index >= 15 is 0 Å². The number of para-hydroxylation sites is 1. The van der Waals surface area contributed by atoms with Gasteiger partial charge < -0.3 is 19.0 Å². The molecule has 4 aromatic carbocycles. The number of rotatable bonds is 5. The maximum Gasteiger partial charge on any atom is 0.291 e. The summed E-state index contributed by atoms with van der Waals surface area (Å²) in [5.41, 5.74) is 2.45. The summed E-state index contributed by atoms with van der Waals surface area (Å²) < 4.78 is 25.3. The Morgan fingerprint density at radius 1 is 0.837 bits per heavy atom. The van der Waals surface area contributed by atoms with Gasteiger partial charge in [0.1, 0.15) is 17.1 Å². The largest absolute Gasteiger partial charge is 0.497 e. The summed E-state index contributed by atoms with van der Waals surface area (Å²) >= 11 is 0. The van der Waals surface area contributed by atoms with Crippen molar-refractivity contribution in [2.75, 3.05) is 12.0 Å². The van der Waals surface area contributed by atoms with E-state index in [1.165, 1.54) is 17.0 Å². The molecule has 2 aliphatic heterocycles. The van der Waals surface area contributed by atoms with Crippen LogP contribution < -0.4 is 15.1 Å². The first-order chi connectivity index (χ1) is 20.7. The third kappa shape index (κ3) is 3.82. The van der Waals surface area contributed by atoms with Crippen molar-refractivity contribution in [2.24, 2.45) is 0 Å². The fourth-order valence-electron chi connectivity index (χ4n) is 6.31. The second-order valence-corrected chi connectivity index (χ2v) is 11.1. The van der Waals surface area contributed by atoms with Crippen molar-refractivity contribution in [1.82, 2.24) is 4.90 Å². The summed E-state index contributed by atoms with van der Waals surface area (Å²) in [6, 6.07) is 23.8.